The number of allylic oxidation sites excluding steroid dienone is 1. The molecular formula is C31H31N3O6S. The summed E-state index contributed by atoms with van der Waals surface area (Å²) in [5.74, 6) is 0.833. The van der Waals surface area contributed by atoms with Crippen molar-refractivity contribution in [2.24, 2.45) is 4.99 Å². The summed E-state index contributed by atoms with van der Waals surface area (Å²) in [6.07, 6.45) is 4.05. The number of hydrogen-bond donors (Lipinski definition) is 0. The van der Waals surface area contributed by atoms with Gasteiger partial charge in [-0.3, -0.25) is 19.8 Å². The van der Waals surface area contributed by atoms with E-state index in [9.17, 15) is 14.9 Å². The summed E-state index contributed by atoms with van der Waals surface area (Å²) in [5, 5.41) is 11.7. The molecule has 3 aromatic carbocycles. The van der Waals surface area contributed by atoms with Crippen molar-refractivity contribution in [3.8, 4) is 11.5 Å². The number of ether oxygens (including phenoxy) is 3. The van der Waals surface area contributed by atoms with Gasteiger partial charge in [0.25, 0.3) is 11.6 Å². The molecule has 1 heterocycles. The van der Waals surface area contributed by atoms with Crippen LogP contribution in [0.15, 0.2) is 89.3 Å². The first-order chi connectivity index (χ1) is 19.9. The number of carbonyl (C=O) groups is 1. The molecule has 0 aromatic heterocycles. The summed E-state index contributed by atoms with van der Waals surface area (Å²) in [5.41, 5.74) is 2.96. The standard InChI is InChI=1S/C31H31N3O6S/c1-4-10-24-17-23(19-27(38-3)29(24)40-21-22-11-9-14-26(18-22)34(36)37)20-28-30(35)33(15-16-39-5-2)31(41-28)32-25-12-7-6-8-13-25/h4,6-9,11-14,17-20H,1,5,10,15-16,21H2,2-3H3/b28-20-,32-31?. The molecule has 0 spiro atoms. The lowest BCUT2D eigenvalue weighted by Gasteiger charge is -2.16. The van der Waals surface area contributed by atoms with Crippen LogP contribution in [-0.2, 0) is 22.6 Å². The molecular weight excluding hydrogens is 542 g/mol. The lowest BCUT2D eigenvalue weighted by molar-refractivity contribution is -0.384. The number of aliphatic imine (C=N–C) groups is 1. The third-order valence-electron chi connectivity index (χ3n) is 6.07. The number of rotatable bonds is 13. The lowest BCUT2D eigenvalue weighted by atomic mass is 10.0. The Kier molecular flexibility index (Phi) is 10.3. The Morgan fingerprint density at radius 1 is 1.12 bits per heavy atom. The number of nitrogens with zero attached hydrogens (tertiary/aromatic N) is 3. The number of non-ortho nitro benzene ring substituents is 1. The van der Waals surface area contributed by atoms with Crippen LogP contribution >= 0.6 is 11.8 Å². The van der Waals surface area contributed by atoms with Gasteiger partial charge in [0.15, 0.2) is 16.7 Å². The number of methoxy groups -OCH3 is 1. The Morgan fingerprint density at radius 2 is 1.93 bits per heavy atom. The summed E-state index contributed by atoms with van der Waals surface area (Å²) in [6.45, 7) is 7.24. The highest BCUT2D eigenvalue weighted by Crippen LogP contribution is 2.38. The van der Waals surface area contributed by atoms with Gasteiger partial charge in [-0.2, -0.15) is 0 Å². The second-order valence-corrected chi connectivity index (χ2v) is 9.92. The van der Waals surface area contributed by atoms with Gasteiger partial charge in [-0.15, -0.1) is 6.58 Å². The highest BCUT2D eigenvalue weighted by atomic mass is 32.2. The Labute approximate surface area is 243 Å². The molecule has 3 aromatic rings. The minimum absolute atomic E-state index is 0.00411. The SMILES string of the molecule is C=CCc1cc(/C=C2\SC(=Nc3ccccc3)N(CCOCC)C2=O)cc(OC)c1OCc1cccc([N+](=O)[O-])c1. The molecule has 0 unspecified atom stereocenters. The highest BCUT2D eigenvalue weighted by molar-refractivity contribution is 8.18. The van der Waals surface area contributed by atoms with Crippen molar-refractivity contribution in [3.05, 3.63) is 111 Å². The Balaban J connectivity index is 1.64. The van der Waals surface area contributed by atoms with E-state index < -0.39 is 4.92 Å². The highest BCUT2D eigenvalue weighted by Gasteiger charge is 2.33. The first-order valence-corrected chi connectivity index (χ1v) is 13.9. The normalized spacial score (nSPS) is 15.0. The molecule has 0 atom stereocenters. The molecule has 0 saturated carbocycles. The molecule has 1 fully saturated rings. The fourth-order valence-electron chi connectivity index (χ4n) is 4.16. The lowest BCUT2D eigenvalue weighted by Crippen LogP contribution is -2.32. The van der Waals surface area contributed by atoms with Crippen LogP contribution in [0.1, 0.15) is 23.6 Å². The molecule has 1 amide bonds. The van der Waals surface area contributed by atoms with Gasteiger partial charge in [-0.1, -0.05) is 36.4 Å². The molecule has 0 radical (unpaired) electrons. The Morgan fingerprint density at radius 3 is 2.63 bits per heavy atom. The number of hydrogen-bond acceptors (Lipinski definition) is 8. The second kappa shape index (κ2) is 14.3. The molecule has 9 nitrogen and oxygen atoms in total. The smallest absolute Gasteiger partial charge is 0.269 e. The van der Waals surface area contributed by atoms with E-state index in [0.29, 0.717) is 53.3 Å². The molecule has 1 aliphatic rings. The number of amides is 1. The Bertz CT molecular complexity index is 1470. The van der Waals surface area contributed by atoms with Gasteiger partial charge in [0.1, 0.15) is 6.61 Å². The molecule has 1 saturated heterocycles. The number of nitro groups is 1. The quantitative estimate of drug-likeness (QED) is 0.0751. The number of nitro benzene ring substituents is 1. The zero-order valence-electron chi connectivity index (χ0n) is 22.9. The topological polar surface area (TPSA) is 104 Å². The minimum atomic E-state index is -0.439. The van der Waals surface area contributed by atoms with Gasteiger partial charge in [0, 0.05) is 24.3 Å². The first kappa shape index (κ1) is 29.6. The van der Waals surface area contributed by atoms with Crippen LogP contribution in [0.25, 0.3) is 6.08 Å². The molecule has 1 aliphatic heterocycles. The van der Waals surface area contributed by atoms with Gasteiger partial charge in [-0.05, 0) is 66.6 Å². The maximum atomic E-state index is 13.5. The third kappa shape index (κ3) is 7.62. The van der Waals surface area contributed by atoms with Gasteiger partial charge >= 0.3 is 0 Å². The monoisotopic (exact) mass is 573 g/mol. The molecule has 0 aliphatic carbocycles. The number of benzene rings is 3. The van der Waals surface area contributed by atoms with Crippen molar-refractivity contribution in [2.75, 3.05) is 26.9 Å². The Hall–Kier alpha value is -4.41. The van der Waals surface area contributed by atoms with Gasteiger partial charge < -0.3 is 14.2 Å². The summed E-state index contributed by atoms with van der Waals surface area (Å²) in [4.78, 5) is 31.0. The first-order valence-electron chi connectivity index (χ1n) is 13.0. The minimum Gasteiger partial charge on any atom is -0.493 e. The van der Waals surface area contributed by atoms with Crippen molar-refractivity contribution in [1.82, 2.24) is 4.90 Å². The van der Waals surface area contributed by atoms with Crippen molar-refractivity contribution in [2.45, 2.75) is 20.0 Å². The zero-order valence-corrected chi connectivity index (χ0v) is 23.8. The van der Waals surface area contributed by atoms with E-state index in [-0.39, 0.29) is 18.2 Å². The molecule has 212 valence electrons. The van der Waals surface area contributed by atoms with Gasteiger partial charge in [-0.25, -0.2) is 4.99 Å². The zero-order chi connectivity index (χ0) is 29.2. The van der Waals surface area contributed by atoms with Gasteiger partial charge in [0.05, 0.1) is 35.8 Å². The predicted molar refractivity (Wildman–Crippen MR) is 162 cm³/mol. The van der Waals surface area contributed by atoms with Gasteiger partial charge in [0.2, 0.25) is 0 Å². The van der Waals surface area contributed by atoms with E-state index in [0.717, 1.165) is 16.8 Å². The van der Waals surface area contributed by atoms with E-state index in [1.165, 1.54) is 23.9 Å². The third-order valence-corrected chi connectivity index (χ3v) is 7.08. The number of amidine groups is 1. The van der Waals surface area contributed by atoms with Crippen molar-refractivity contribution in [1.29, 1.82) is 0 Å². The summed E-state index contributed by atoms with van der Waals surface area (Å²) >= 11 is 1.31. The average molecular weight is 574 g/mol. The maximum Gasteiger partial charge on any atom is 0.269 e. The summed E-state index contributed by atoms with van der Waals surface area (Å²) in [6, 6.07) is 19.5. The molecule has 0 bridgehead atoms. The van der Waals surface area contributed by atoms with E-state index in [1.54, 1.807) is 36.3 Å². The number of para-hydroxylation sites is 1. The average Bonchev–Trinajstić information content (AvgIpc) is 3.26. The van der Waals surface area contributed by atoms with Crippen LogP contribution in [0.4, 0.5) is 11.4 Å². The van der Waals surface area contributed by atoms with Crippen molar-refractivity contribution >= 4 is 40.3 Å². The van der Waals surface area contributed by atoms with Crippen LogP contribution in [-0.4, -0.2) is 47.8 Å². The largest absolute Gasteiger partial charge is 0.493 e. The van der Waals surface area contributed by atoms with Crippen LogP contribution in [0.3, 0.4) is 0 Å². The van der Waals surface area contributed by atoms with Crippen LogP contribution in [0, 0.1) is 10.1 Å². The summed E-state index contributed by atoms with van der Waals surface area (Å²) in [7, 11) is 1.54. The van der Waals surface area contributed by atoms with Crippen LogP contribution in [0.2, 0.25) is 0 Å². The fraction of sp³-hybridized carbons (Fsp3) is 0.226. The maximum absolute atomic E-state index is 13.5. The van der Waals surface area contributed by atoms with Crippen molar-refractivity contribution < 1.29 is 23.9 Å². The second-order valence-electron chi connectivity index (χ2n) is 8.91. The molecule has 4 rings (SSSR count). The van der Waals surface area contributed by atoms with E-state index >= 15 is 0 Å². The van der Waals surface area contributed by atoms with Crippen LogP contribution in [0.5, 0.6) is 11.5 Å². The number of thioether (sulfide) groups is 1. The molecule has 0 N–H and O–H groups in total. The predicted octanol–water partition coefficient (Wildman–Crippen LogP) is 6.55. The molecule has 41 heavy (non-hydrogen) atoms. The van der Waals surface area contributed by atoms with E-state index in [1.807, 2.05) is 49.4 Å². The fourth-order valence-corrected chi connectivity index (χ4v) is 5.18. The van der Waals surface area contributed by atoms with Crippen LogP contribution < -0.4 is 9.47 Å². The van der Waals surface area contributed by atoms with Crippen molar-refractivity contribution in [3.63, 3.8) is 0 Å². The summed E-state index contributed by atoms with van der Waals surface area (Å²) < 4.78 is 17.3. The number of carbonyl (C=O) groups excluding carboxylic acids is 1. The van der Waals surface area contributed by atoms with E-state index in [2.05, 4.69) is 6.58 Å². The van der Waals surface area contributed by atoms with E-state index in [4.69, 9.17) is 19.2 Å². The molecule has 10 heteroatoms.